The second kappa shape index (κ2) is 4.83. The molecule has 3 fully saturated rings. The van der Waals surface area contributed by atoms with Gasteiger partial charge in [0, 0.05) is 18.9 Å². The molecule has 4 heteroatoms. The Kier molecular flexibility index (Phi) is 3.03. The first kappa shape index (κ1) is 13.8. The number of carbonyl (C=O) groups excluding carboxylic acids is 2. The zero-order valence-electron chi connectivity index (χ0n) is 12.9. The third kappa shape index (κ3) is 1.89. The van der Waals surface area contributed by atoms with E-state index in [-0.39, 0.29) is 17.8 Å². The first-order valence-electron chi connectivity index (χ1n) is 8.18. The molecule has 0 radical (unpaired) electrons. The Bertz CT molecular complexity index is 637. The quantitative estimate of drug-likeness (QED) is 0.788. The first-order valence-corrected chi connectivity index (χ1v) is 8.18. The van der Waals surface area contributed by atoms with Crippen molar-refractivity contribution in [3.05, 3.63) is 35.4 Å². The molecule has 3 atom stereocenters. The standard InChI is InChI=1S/C18H21NO3/c1-12-5-2-3-6-13(12)14-11-15(14)16(20)19-9-4-7-18(19)8-10-22-17(18)21/h2-3,5-6,14-15H,4,7-11H2,1H3/t14-,15-,18+/m0/s1. The molecule has 4 nitrogen and oxygen atoms in total. The zero-order valence-corrected chi connectivity index (χ0v) is 12.9. The van der Waals surface area contributed by atoms with Crippen LogP contribution < -0.4 is 0 Å². The summed E-state index contributed by atoms with van der Waals surface area (Å²) in [6.07, 6.45) is 3.24. The van der Waals surface area contributed by atoms with E-state index in [1.807, 2.05) is 17.0 Å². The number of nitrogens with zero attached hydrogens (tertiary/aromatic N) is 1. The minimum atomic E-state index is -0.643. The number of cyclic esters (lactones) is 1. The van der Waals surface area contributed by atoms with Crippen molar-refractivity contribution in [1.82, 2.24) is 4.90 Å². The molecule has 0 bridgehead atoms. The SMILES string of the molecule is Cc1ccccc1[C@@H]1C[C@@H]1C(=O)N1CCC[C@]12CCOC2=O. The number of hydrogen-bond acceptors (Lipinski definition) is 3. The van der Waals surface area contributed by atoms with Crippen molar-refractivity contribution in [3.8, 4) is 0 Å². The van der Waals surface area contributed by atoms with E-state index in [4.69, 9.17) is 4.74 Å². The van der Waals surface area contributed by atoms with Crippen molar-refractivity contribution in [3.63, 3.8) is 0 Å². The number of hydrogen-bond donors (Lipinski definition) is 0. The lowest BCUT2D eigenvalue weighted by atomic mass is 9.94. The third-order valence-electron chi connectivity index (χ3n) is 5.58. The number of carbonyl (C=O) groups is 2. The van der Waals surface area contributed by atoms with Crippen LogP contribution in [0, 0.1) is 12.8 Å². The molecule has 1 aliphatic carbocycles. The number of aryl methyl sites for hydroxylation is 1. The van der Waals surface area contributed by atoms with Gasteiger partial charge in [-0.05, 0) is 43.2 Å². The zero-order chi connectivity index (χ0) is 15.3. The van der Waals surface area contributed by atoms with Crippen LogP contribution in [-0.2, 0) is 14.3 Å². The maximum Gasteiger partial charge on any atom is 0.332 e. The van der Waals surface area contributed by atoms with Crippen LogP contribution in [0.3, 0.4) is 0 Å². The number of rotatable bonds is 2. The molecule has 1 spiro atoms. The minimum Gasteiger partial charge on any atom is -0.464 e. The van der Waals surface area contributed by atoms with Crippen LogP contribution in [0.25, 0.3) is 0 Å². The number of amides is 1. The second-order valence-corrected chi connectivity index (χ2v) is 6.82. The van der Waals surface area contributed by atoms with E-state index in [1.54, 1.807) is 0 Å². The summed E-state index contributed by atoms with van der Waals surface area (Å²) in [6.45, 7) is 3.25. The molecule has 1 saturated carbocycles. The fraction of sp³-hybridized carbons (Fsp3) is 0.556. The highest BCUT2D eigenvalue weighted by Crippen LogP contribution is 2.51. The lowest BCUT2D eigenvalue weighted by Crippen LogP contribution is -2.51. The Morgan fingerprint density at radius 3 is 2.86 bits per heavy atom. The van der Waals surface area contributed by atoms with Gasteiger partial charge in [-0.25, -0.2) is 4.79 Å². The average molecular weight is 299 g/mol. The molecule has 4 rings (SSSR count). The molecule has 2 heterocycles. The molecular weight excluding hydrogens is 278 g/mol. The van der Waals surface area contributed by atoms with Crippen molar-refractivity contribution in [2.24, 2.45) is 5.92 Å². The minimum absolute atomic E-state index is 0.0458. The second-order valence-electron chi connectivity index (χ2n) is 6.82. The van der Waals surface area contributed by atoms with Crippen LogP contribution in [0.5, 0.6) is 0 Å². The van der Waals surface area contributed by atoms with E-state index in [0.29, 0.717) is 25.5 Å². The number of esters is 1. The maximum absolute atomic E-state index is 12.9. The Balaban J connectivity index is 1.54. The lowest BCUT2D eigenvalue weighted by Gasteiger charge is -2.31. The van der Waals surface area contributed by atoms with Crippen LogP contribution in [0.2, 0.25) is 0 Å². The van der Waals surface area contributed by atoms with Crippen LogP contribution in [0.15, 0.2) is 24.3 Å². The van der Waals surface area contributed by atoms with E-state index < -0.39 is 5.54 Å². The molecule has 2 saturated heterocycles. The summed E-state index contributed by atoms with van der Waals surface area (Å²) in [7, 11) is 0. The van der Waals surface area contributed by atoms with Crippen LogP contribution >= 0.6 is 0 Å². The van der Waals surface area contributed by atoms with Crippen molar-refractivity contribution in [2.75, 3.05) is 13.2 Å². The van der Waals surface area contributed by atoms with Gasteiger partial charge in [0.05, 0.1) is 6.61 Å². The van der Waals surface area contributed by atoms with Gasteiger partial charge in [0.15, 0.2) is 0 Å². The molecule has 0 unspecified atom stereocenters. The summed E-state index contributed by atoms with van der Waals surface area (Å²) in [5, 5.41) is 0. The molecule has 1 amide bonds. The van der Waals surface area contributed by atoms with Crippen LogP contribution in [-0.4, -0.2) is 35.5 Å². The van der Waals surface area contributed by atoms with Gasteiger partial charge in [0.2, 0.25) is 5.91 Å². The van der Waals surface area contributed by atoms with Crippen molar-refractivity contribution < 1.29 is 14.3 Å². The smallest absolute Gasteiger partial charge is 0.332 e. The predicted molar refractivity (Wildman–Crippen MR) is 81.3 cm³/mol. The Morgan fingerprint density at radius 2 is 2.14 bits per heavy atom. The summed E-state index contributed by atoms with van der Waals surface area (Å²) in [5.41, 5.74) is 1.89. The fourth-order valence-electron chi connectivity index (χ4n) is 4.24. The van der Waals surface area contributed by atoms with Gasteiger partial charge >= 0.3 is 5.97 Å². The number of benzene rings is 1. The number of ether oxygens (including phenoxy) is 1. The van der Waals surface area contributed by atoms with E-state index in [9.17, 15) is 9.59 Å². The Labute approximate surface area is 130 Å². The van der Waals surface area contributed by atoms with E-state index >= 15 is 0 Å². The maximum atomic E-state index is 12.9. The molecule has 22 heavy (non-hydrogen) atoms. The predicted octanol–water partition coefficient (Wildman–Crippen LogP) is 2.41. The van der Waals surface area contributed by atoms with Crippen molar-refractivity contribution in [2.45, 2.75) is 44.1 Å². The topological polar surface area (TPSA) is 46.6 Å². The van der Waals surface area contributed by atoms with Gasteiger partial charge in [-0.3, -0.25) is 4.79 Å². The molecule has 0 aromatic heterocycles. The largest absolute Gasteiger partial charge is 0.464 e. The summed E-state index contributed by atoms with van der Waals surface area (Å²) < 4.78 is 5.17. The van der Waals surface area contributed by atoms with Crippen molar-refractivity contribution in [1.29, 1.82) is 0 Å². The summed E-state index contributed by atoms with van der Waals surface area (Å²) in [4.78, 5) is 26.9. The molecular formula is C18H21NO3. The Hall–Kier alpha value is -1.84. The van der Waals surface area contributed by atoms with E-state index in [1.165, 1.54) is 11.1 Å². The molecule has 1 aromatic rings. The summed E-state index contributed by atoms with van der Waals surface area (Å²) in [6, 6.07) is 8.29. The molecule has 116 valence electrons. The van der Waals surface area contributed by atoms with Crippen LogP contribution in [0.4, 0.5) is 0 Å². The first-order chi connectivity index (χ1) is 10.6. The van der Waals surface area contributed by atoms with Crippen molar-refractivity contribution >= 4 is 11.9 Å². The van der Waals surface area contributed by atoms with Gasteiger partial charge in [-0.15, -0.1) is 0 Å². The van der Waals surface area contributed by atoms with Gasteiger partial charge in [0.1, 0.15) is 5.54 Å². The molecule has 1 aromatic carbocycles. The monoisotopic (exact) mass is 299 g/mol. The molecule has 3 aliphatic rings. The summed E-state index contributed by atoms with van der Waals surface area (Å²) >= 11 is 0. The van der Waals surface area contributed by atoms with E-state index in [2.05, 4.69) is 19.1 Å². The van der Waals surface area contributed by atoms with Crippen LogP contribution in [0.1, 0.15) is 42.7 Å². The normalized spacial score (nSPS) is 33.3. The average Bonchev–Trinajstić information content (AvgIpc) is 3.06. The highest BCUT2D eigenvalue weighted by molar-refractivity contribution is 5.92. The highest BCUT2D eigenvalue weighted by atomic mass is 16.5. The lowest BCUT2D eigenvalue weighted by molar-refractivity contribution is -0.153. The van der Waals surface area contributed by atoms with E-state index in [0.717, 1.165) is 19.3 Å². The van der Waals surface area contributed by atoms with Gasteiger partial charge < -0.3 is 9.64 Å². The highest BCUT2D eigenvalue weighted by Gasteiger charge is 2.57. The fourth-order valence-corrected chi connectivity index (χ4v) is 4.24. The summed E-state index contributed by atoms with van der Waals surface area (Å²) in [5.74, 6) is 0.337. The van der Waals surface area contributed by atoms with Gasteiger partial charge in [0.25, 0.3) is 0 Å². The molecule has 0 N–H and O–H groups in total. The van der Waals surface area contributed by atoms with Gasteiger partial charge in [-0.2, -0.15) is 0 Å². The number of likely N-dealkylation sites (tertiary alicyclic amines) is 1. The molecule has 2 aliphatic heterocycles. The Morgan fingerprint density at radius 1 is 1.32 bits per heavy atom. The third-order valence-corrected chi connectivity index (χ3v) is 5.58. The van der Waals surface area contributed by atoms with Gasteiger partial charge in [-0.1, -0.05) is 24.3 Å².